The van der Waals surface area contributed by atoms with Gasteiger partial charge in [-0.3, -0.25) is 4.90 Å². The lowest BCUT2D eigenvalue weighted by molar-refractivity contribution is 0.197. The summed E-state index contributed by atoms with van der Waals surface area (Å²) < 4.78 is 5.11. The first kappa shape index (κ1) is 17.6. The summed E-state index contributed by atoms with van der Waals surface area (Å²) in [4.78, 5) is 9.08. The molecule has 2 N–H and O–H groups in total. The van der Waals surface area contributed by atoms with Gasteiger partial charge in [0.15, 0.2) is 5.82 Å². The fraction of sp³-hybridized carbons (Fsp3) is 0.529. The van der Waals surface area contributed by atoms with Gasteiger partial charge in [-0.2, -0.15) is 4.98 Å². The molecule has 0 saturated heterocycles. The Hall–Kier alpha value is -1.76. The van der Waals surface area contributed by atoms with Crippen LogP contribution in [0.5, 0.6) is 0 Å². The predicted octanol–water partition coefficient (Wildman–Crippen LogP) is 1.87. The van der Waals surface area contributed by atoms with Crippen molar-refractivity contribution in [3.8, 4) is 0 Å². The highest BCUT2D eigenvalue weighted by molar-refractivity contribution is 5.14. The zero-order valence-electron chi connectivity index (χ0n) is 14.1. The Bertz CT molecular complexity index is 553. The molecule has 0 fully saturated rings. The maximum atomic E-state index is 5.54. The van der Waals surface area contributed by atoms with E-state index in [1.54, 1.807) is 0 Å². The van der Waals surface area contributed by atoms with Crippen molar-refractivity contribution in [2.45, 2.75) is 33.5 Å². The van der Waals surface area contributed by atoms with Crippen LogP contribution in [0.1, 0.15) is 31.1 Å². The molecule has 126 valence electrons. The van der Waals surface area contributed by atoms with Crippen molar-refractivity contribution in [3.05, 3.63) is 47.6 Å². The average Bonchev–Trinajstić information content (AvgIpc) is 3.04. The highest BCUT2D eigenvalue weighted by Gasteiger charge is 2.13. The Balaban J connectivity index is 2.00. The van der Waals surface area contributed by atoms with Gasteiger partial charge >= 0.3 is 0 Å². The van der Waals surface area contributed by atoms with Crippen LogP contribution in [0.4, 0.5) is 0 Å². The molecular formula is C17H27N5O. The molecule has 6 nitrogen and oxygen atoms in total. The summed E-state index contributed by atoms with van der Waals surface area (Å²) in [6.45, 7) is 10.3. The topological polar surface area (TPSA) is 71.4 Å². The maximum Gasteiger partial charge on any atom is 0.240 e. The molecule has 0 aliphatic heterocycles. The average molecular weight is 317 g/mol. The minimum Gasteiger partial charge on any atom is -0.338 e. The summed E-state index contributed by atoms with van der Waals surface area (Å²) in [6, 6.07) is 10.5. The smallest absolute Gasteiger partial charge is 0.240 e. The Morgan fingerprint density at radius 3 is 2.30 bits per heavy atom. The van der Waals surface area contributed by atoms with Crippen LogP contribution in [0, 0.1) is 0 Å². The molecule has 23 heavy (non-hydrogen) atoms. The van der Waals surface area contributed by atoms with E-state index in [0.717, 1.165) is 32.7 Å². The van der Waals surface area contributed by atoms with Gasteiger partial charge in [-0.15, -0.1) is 0 Å². The lowest BCUT2D eigenvalue weighted by atomic mass is 10.2. The van der Waals surface area contributed by atoms with Crippen LogP contribution in [0.15, 0.2) is 34.9 Å². The summed E-state index contributed by atoms with van der Waals surface area (Å²) >= 11 is 0. The minimum absolute atomic E-state index is 0.283. The van der Waals surface area contributed by atoms with Crippen LogP contribution >= 0.6 is 0 Å². The Morgan fingerprint density at radius 2 is 1.70 bits per heavy atom. The number of nitrogens with zero attached hydrogens (tertiary/aromatic N) is 4. The molecule has 1 heterocycles. The number of benzene rings is 1. The quantitative estimate of drug-likeness (QED) is 0.721. The van der Waals surface area contributed by atoms with Gasteiger partial charge in [0.1, 0.15) is 0 Å². The van der Waals surface area contributed by atoms with Gasteiger partial charge in [0.05, 0.1) is 13.1 Å². The fourth-order valence-corrected chi connectivity index (χ4v) is 2.52. The zero-order chi connectivity index (χ0) is 16.5. The van der Waals surface area contributed by atoms with Crippen LogP contribution in [-0.4, -0.2) is 46.1 Å². The van der Waals surface area contributed by atoms with Crippen LogP contribution in [0.25, 0.3) is 0 Å². The molecule has 2 rings (SSSR count). The summed E-state index contributed by atoms with van der Waals surface area (Å²) in [5, 5.41) is 4.01. The number of rotatable bonds is 10. The van der Waals surface area contributed by atoms with E-state index in [9.17, 15) is 0 Å². The lowest BCUT2D eigenvalue weighted by Crippen LogP contribution is -2.34. The van der Waals surface area contributed by atoms with Gasteiger partial charge in [-0.05, 0) is 18.7 Å². The monoisotopic (exact) mass is 317 g/mol. The highest BCUT2D eigenvalue weighted by Crippen LogP contribution is 2.09. The van der Waals surface area contributed by atoms with E-state index >= 15 is 0 Å². The van der Waals surface area contributed by atoms with Gasteiger partial charge < -0.3 is 15.2 Å². The van der Waals surface area contributed by atoms with Gasteiger partial charge in [0, 0.05) is 19.6 Å². The highest BCUT2D eigenvalue weighted by atomic mass is 16.5. The van der Waals surface area contributed by atoms with E-state index < -0.39 is 0 Å². The van der Waals surface area contributed by atoms with Crippen molar-refractivity contribution < 1.29 is 4.52 Å². The molecule has 0 saturated carbocycles. The molecule has 0 spiro atoms. The molecule has 0 aliphatic rings. The first-order chi connectivity index (χ1) is 11.2. The normalized spacial score (nSPS) is 11.5. The third-order valence-electron chi connectivity index (χ3n) is 3.93. The molecule has 1 aromatic carbocycles. The molecule has 0 aliphatic carbocycles. The zero-order valence-corrected chi connectivity index (χ0v) is 14.1. The van der Waals surface area contributed by atoms with E-state index in [1.807, 2.05) is 6.07 Å². The maximum absolute atomic E-state index is 5.54. The van der Waals surface area contributed by atoms with Crippen molar-refractivity contribution in [2.24, 2.45) is 5.73 Å². The summed E-state index contributed by atoms with van der Waals surface area (Å²) in [5.41, 5.74) is 6.82. The summed E-state index contributed by atoms with van der Waals surface area (Å²) in [5.74, 6) is 1.18. The largest absolute Gasteiger partial charge is 0.338 e. The molecule has 2 aromatic rings. The molecule has 0 unspecified atom stereocenters. The van der Waals surface area contributed by atoms with E-state index in [1.165, 1.54) is 5.56 Å². The number of hydrogen-bond donors (Lipinski definition) is 1. The van der Waals surface area contributed by atoms with Gasteiger partial charge in [-0.25, -0.2) is 0 Å². The van der Waals surface area contributed by atoms with Crippen molar-refractivity contribution >= 4 is 0 Å². The van der Waals surface area contributed by atoms with Crippen molar-refractivity contribution in [1.29, 1.82) is 0 Å². The number of nitrogens with two attached hydrogens (primary N) is 1. The van der Waals surface area contributed by atoms with Crippen LogP contribution < -0.4 is 5.73 Å². The van der Waals surface area contributed by atoms with Crippen LogP contribution in [0.3, 0.4) is 0 Å². The van der Waals surface area contributed by atoms with Crippen molar-refractivity contribution in [1.82, 2.24) is 19.9 Å². The molecule has 0 amide bonds. The first-order valence-electron chi connectivity index (χ1n) is 8.25. The van der Waals surface area contributed by atoms with E-state index in [-0.39, 0.29) is 6.54 Å². The predicted molar refractivity (Wildman–Crippen MR) is 90.5 cm³/mol. The fourth-order valence-electron chi connectivity index (χ4n) is 2.52. The Kier molecular flexibility index (Phi) is 7.19. The third-order valence-corrected chi connectivity index (χ3v) is 3.93. The van der Waals surface area contributed by atoms with E-state index in [4.69, 9.17) is 10.3 Å². The van der Waals surface area contributed by atoms with Crippen LogP contribution in [-0.2, 0) is 19.6 Å². The number of likely N-dealkylation sites (N-methyl/N-ethyl adjacent to an activating group) is 1. The lowest BCUT2D eigenvalue weighted by Gasteiger charge is -2.25. The first-order valence-corrected chi connectivity index (χ1v) is 8.25. The number of hydrogen-bond acceptors (Lipinski definition) is 6. The van der Waals surface area contributed by atoms with Crippen molar-refractivity contribution in [2.75, 3.05) is 26.2 Å². The van der Waals surface area contributed by atoms with Gasteiger partial charge in [0.25, 0.3) is 0 Å². The van der Waals surface area contributed by atoms with Gasteiger partial charge in [0.2, 0.25) is 5.89 Å². The second-order valence-electron chi connectivity index (χ2n) is 5.53. The molecule has 1 aromatic heterocycles. The van der Waals surface area contributed by atoms with Crippen LogP contribution in [0.2, 0.25) is 0 Å². The standard InChI is InChI=1S/C17H27N5O/c1-3-21(4-2)10-11-22(13-15-8-6-5-7-9-15)14-16-19-17(12-18)23-20-16/h5-9H,3-4,10-14,18H2,1-2H3. The number of aromatic nitrogens is 2. The summed E-state index contributed by atoms with van der Waals surface area (Å²) in [6.07, 6.45) is 0. The second kappa shape index (κ2) is 9.39. The second-order valence-corrected chi connectivity index (χ2v) is 5.53. The summed E-state index contributed by atoms with van der Waals surface area (Å²) in [7, 11) is 0. The van der Waals surface area contributed by atoms with E-state index in [2.05, 4.69) is 58.1 Å². The molecule has 0 bridgehead atoms. The molecule has 0 radical (unpaired) electrons. The van der Waals surface area contributed by atoms with Crippen molar-refractivity contribution in [3.63, 3.8) is 0 Å². The third kappa shape index (κ3) is 5.74. The van der Waals surface area contributed by atoms with Gasteiger partial charge in [-0.1, -0.05) is 49.3 Å². The minimum atomic E-state index is 0.283. The van der Waals surface area contributed by atoms with E-state index in [0.29, 0.717) is 18.3 Å². The molecular weight excluding hydrogens is 290 g/mol. The molecule has 6 heteroatoms. The Morgan fingerprint density at radius 1 is 1.00 bits per heavy atom. The Labute approximate surface area is 138 Å². The molecule has 0 atom stereocenters. The SMILES string of the molecule is CCN(CC)CCN(Cc1ccccc1)Cc1noc(CN)n1.